The Labute approximate surface area is 133 Å². The number of ether oxygens (including phenoxy) is 1. The Hall–Kier alpha value is -1.44. The summed E-state index contributed by atoms with van der Waals surface area (Å²) in [5, 5.41) is 6.22. The fraction of sp³-hybridized carbons (Fsp3) is 0.533. The smallest absolute Gasteiger partial charge is 0.255 e. The minimum Gasteiger partial charge on any atom is -0.496 e. The molecule has 1 fully saturated rings. The molecule has 1 aliphatic rings. The number of carbonyl (C=O) groups is 1. The van der Waals surface area contributed by atoms with Gasteiger partial charge in [-0.1, -0.05) is 0 Å². The van der Waals surface area contributed by atoms with Crippen LogP contribution in [0, 0.1) is 0 Å². The van der Waals surface area contributed by atoms with Crippen LogP contribution < -0.4 is 15.4 Å². The van der Waals surface area contributed by atoms with Crippen molar-refractivity contribution in [3.8, 4) is 5.75 Å². The van der Waals surface area contributed by atoms with Crippen molar-refractivity contribution in [3.05, 3.63) is 23.8 Å². The van der Waals surface area contributed by atoms with Gasteiger partial charge in [0.15, 0.2) is 11.1 Å². The van der Waals surface area contributed by atoms with Crippen LogP contribution in [0.15, 0.2) is 23.1 Å². The van der Waals surface area contributed by atoms with Crippen LogP contribution in [-0.2, 0) is 15.3 Å². The van der Waals surface area contributed by atoms with E-state index in [2.05, 4.69) is 10.6 Å². The van der Waals surface area contributed by atoms with E-state index in [9.17, 15) is 9.00 Å². The van der Waals surface area contributed by atoms with Crippen LogP contribution in [0.4, 0.5) is 0 Å². The van der Waals surface area contributed by atoms with Crippen LogP contribution in [0.1, 0.15) is 30.1 Å². The summed E-state index contributed by atoms with van der Waals surface area (Å²) in [5.74, 6) is 0.218. The first-order chi connectivity index (χ1) is 10.7. The first-order valence-corrected chi connectivity index (χ1v) is 8.47. The quantitative estimate of drug-likeness (QED) is 0.788. The van der Waals surface area contributed by atoms with E-state index in [0.29, 0.717) is 35.4 Å². The van der Waals surface area contributed by atoms with Gasteiger partial charge < -0.3 is 15.4 Å². The molecule has 1 saturated heterocycles. The van der Waals surface area contributed by atoms with Gasteiger partial charge in [-0.2, -0.15) is 0 Å². The zero-order valence-corrected chi connectivity index (χ0v) is 13.7. The highest BCUT2D eigenvalue weighted by atomic mass is 32.2. The fourth-order valence-electron chi connectivity index (χ4n) is 2.39. The maximum Gasteiger partial charge on any atom is 0.255 e. The van der Waals surface area contributed by atoms with Crippen LogP contribution in [0.25, 0.3) is 0 Å². The van der Waals surface area contributed by atoms with Gasteiger partial charge in [0.1, 0.15) is 5.75 Å². The topological polar surface area (TPSA) is 76.7 Å². The number of benzene rings is 1. The molecule has 1 aliphatic heterocycles. The normalized spacial score (nSPS) is 18.9. The van der Waals surface area contributed by atoms with Gasteiger partial charge >= 0.3 is 0 Å². The van der Waals surface area contributed by atoms with E-state index in [4.69, 9.17) is 8.92 Å². The fourth-order valence-corrected chi connectivity index (χ4v) is 3.13. The minimum absolute atomic E-state index is 0.235. The van der Waals surface area contributed by atoms with Crippen molar-refractivity contribution in [3.63, 3.8) is 0 Å². The molecule has 0 unspecified atom stereocenters. The summed E-state index contributed by atoms with van der Waals surface area (Å²) in [7, 11) is 1.50. The molecule has 22 heavy (non-hydrogen) atoms. The summed E-state index contributed by atoms with van der Waals surface area (Å²) >= 11 is -1.57. The zero-order valence-electron chi connectivity index (χ0n) is 12.9. The highest BCUT2D eigenvalue weighted by molar-refractivity contribution is 7.80. The Balaban J connectivity index is 2.10. The Morgan fingerprint density at radius 1 is 1.50 bits per heavy atom. The molecule has 0 spiro atoms. The number of methoxy groups -OCH3 is 1. The van der Waals surface area contributed by atoms with E-state index in [-0.39, 0.29) is 5.91 Å². The summed E-state index contributed by atoms with van der Waals surface area (Å²) in [6.07, 6.45) is 2.19. The van der Waals surface area contributed by atoms with Crippen LogP contribution in [0.3, 0.4) is 0 Å². The lowest BCUT2D eigenvalue weighted by Crippen LogP contribution is -2.37. The molecule has 2 N–H and O–H groups in total. The van der Waals surface area contributed by atoms with Crippen molar-refractivity contribution < 1.29 is 17.9 Å². The monoisotopic (exact) mass is 326 g/mol. The number of nitrogens with one attached hydrogen (secondary N) is 2. The summed E-state index contributed by atoms with van der Waals surface area (Å²) in [6.45, 7) is 3.67. The third-order valence-electron chi connectivity index (χ3n) is 3.50. The average molecular weight is 326 g/mol. The van der Waals surface area contributed by atoms with Crippen molar-refractivity contribution in [2.24, 2.45) is 0 Å². The number of rotatable bonds is 7. The Kier molecular flexibility index (Phi) is 6.35. The lowest BCUT2D eigenvalue weighted by Gasteiger charge is -2.14. The van der Waals surface area contributed by atoms with Crippen molar-refractivity contribution in [2.45, 2.75) is 30.7 Å². The van der Waals surface area contributed by atoms with E-state index in [0.717, 1.165) is 19.4 Å². The second-order valence-corrected chi connectivity index (χ2v) is 6.18. The van der Waals surface area contributed by atoms with Crippen LogP contribution in [-0.4, -0.2) is 43.0 Å². The molecule has 2 rings (SSSR count). The van der Waals surface area contributed by atoms with Gasteiger partial charge in [-0.3, -0.25) is 8.98 Å². The first kappa shape index (κ1) is 16.9. The Morgan fingerprint density at radius 3 is 2.95 bits per heavy atom. The van der Waals surface area contributed by atoms with Gasteiger partial charge in [0.2, 0.25) is 0 Å². The van der Waals surface area contributed by atoms with Crippen LogP contribution >= 0.6 is 0 Å². The number of hydrogen-bond acceptors (Lipinski definition) is 5. The molecule has 0 radical (unpaired) electrons. The maximum absolute atomic E-state index is 12.4. The Bertz CT molecular complexity index is 544. The van der Waals surface area contributed by atoms with Gasteiger partial charge in [-0.05, 0) is 44.5 Å². The van der Waals surface area contributed by atoms with Gasteiger partial charge in [0, 0.05) is 12.6 Å². The molecule has 0 saturated carbocycles. The third-order valence-corrected chi connectivity index (χ3v) is 4.59. The van der Waals surface area contributed by atoms with Crippen LogP contribution in [0.5, 0.6) is 5.75 Å². The number of amides is 1. The molecule has 1 amide bonds. The third kappa shape index (κ3) is 4.28. The molecular formula is C15H22N2O4S. The second kappa shape index (κ2) is 8.26. The molecule has 122 valence electrons. The number of carbonyl (C=O) groups excluding carboxylic acids is 1. The van der Waals surface area contributed by atoms with E-state index >= 15 is 0 Å². The summed E-state index contributed by atoms with van der Waals surface area (Å²) in [6, 6.07) is 5.15. The largest absolute Gasteiger partial charge is 0.496 e. The lowest BCUT2D eigenvalue weighted by molar-refractivity contribution is 0.0947. The molecule has 1 aromatic carbocycles. The highest BCUT2D eigenvalue weighted by Crippen LogP contribution is 2.22. The summed E-state index contributed by atoms with van der Waals surface area (Å²) in [4.78, 5) is 12.8. The van der Waals surface area contributed by atoms with Gasteiger partial charge in [-0.15, -0.1) is 0 Å². The summed E-state index contributed by atoms with van der Waals surface area (Å²) in [5.41, 5.74) is 0.367. The van der Waals surface area contributed by atoms with Crippen molar-refractivity contribution >= 4 is 17.0 Å². The second-order valence-electron chi connectivity index (χ2n) is 5.01. The van der Waals surface area contributed by atoms with Crippen LogP contribution in [0.2, 0.25) is 0 Å². The SMILES string of the molecule is CCO[S@@](=O)c1ccc(OC)c(C(=O)NC[C@@H]2CCCN2)c1. The average Bonchev–Trinajstić information content (AvgIpc) is 3.05. The van der Waals surface area contributed by atoms with E-state index in [1.54, 1.807) is 25.1 Å². The lowest BCUT2D eigenvalue weighted by atomic mass is 10.1. The maximum atomic E-state index is 12.4. The molecule has 0 aliphatic carbocycles. The van der Waals surface area contributed by atoms with Gasteiger partial charge in [-0.25, -0.2) is 4.21 Å². The molecular weight excluding hydrogens is 304 g/mol. The predicted molar refractivity (Wildman–Crippen MR) is 84.4 cm³/mol. The molecule has 7 heteroatoms. The molecule has 0 bridgehead atoms. The Morgan fingerprint density at radius 2 is 2.32 bits per heavy atom. The van der Waals surface area contributed by atoms with Crippen molar-refractivity contribution in [1.29, 1.82) is 0 Å². The van der Waals surface area contributed by atoms with E-state index < -0.39 is 11.1 Å². The predicted octanol–water partition coefficient (Wildman–Crippen LogP) is 1.24. The molecule has 6 nitrogen and oxygen atoms in total. The zero-order chi connectivity index (χ0) is 15.9. The number of hydrogen-bond donors (Lipinski definition) is 2. The first-order valence-electron chi connectivity index (χ1n) is 7.40. The molecule has 0 aromatic heterocycles. The minimum atomic E-state index is -1.57. The van der Waals surface area contributed by atoms with Crippen molar-refractivity contribution in [1.82, 2.24) is 10.6 Å². The highest BCUT2D eigenvalue weighted by Gasteiger charge is 2.18. The van der Waals surface area contributed by atoms with E-state index in [1.807, 2.05) is 0 Å². The van der Waals surface area contributed by atoms with E-state index in [1.165, 1.54) is 7.11 Å². The van der Waals surface area contributed by atoms with Gasteiger partial charge in [0.05, 0.1) is 24.2 Å². The standard InChI is InChI=1S/C15H22N2O4S/c1-3-21-22(19)12-6-7-14(20-2)13(9-12)15(18)17-10-11-5-4-8-16-11/h6-7,9,11,16H,3-5,8,10H2,1-2H3,(H,17,18)/t11-,22+/m0/s1. The van der Waals surface area contributed by atoms with Crippen molar-refractivity contribution in [2.75, 3.05) is 26.8 Å². The molecule has 1 aromatic rings. The summed E-state index contributed by atoms with van der Waals surface area (Å²) < 4.78 is 22.2. The molecule has 1 heterocycles. The molecule has 2 atom stereocenters. The van der Waals surface area contributed by atoms with Gasteiger partial charge in [0.25, 0.3) is 5.91 Å².